The molecule has 6 heteroatoms. The average Bonchev–Trinajstić information content (AvgIpc) is 2.37. The Morgan fingerprint density at radius 3 is 1.86 bits per heavy atom. The molecular weight excluding hydrogens is 315 g/mol. The van der Waals surface area contributed by atoms with Crippen LogP contribution in [0.2, 0.25) is 0 Å². The Morgan fingerprint density at radius 1 is 0.955 bits per heavy atom. The molecule has 0 aliphatic heterocycles. The first-order valence-electron chi connectivity index (χ1n) is 6.46. The summed E-state index contributed by atoms with van der Waals surface area (Å²) in [6, 6.07) is 9.80. The third kappa shape index (κ3) is 4.39. The highest BCUT2D eigenvalue weighted by Gasteiger charge is 2.30. The van der Waals surface area contributed by atoms with Crippen molar-refractivity contribution >= 4 is 12.4 Å². The molecule has 0 unspecified atom stereocenters. The van der Waals surface area contributed by atoms with Crippen LogP contribution in [0, 0.1) is 13.8 Å². The minimum absolute atomic E-state index is 0. The number of hydrogen-bond donors (Lipinski definition) is 1. The Bertz CT molecular complexity index is 616. The number of benzene rings is 2. The predicted molar refractivity (Wildman–Crippen MR) is 83.2 cm³/mol. The van der Waals surface area contributed by atoms with Crippen LogP contribution in [0.5, 0.6) is 5.75 Å². The number of alkyl halides is 3. The molecule has 0 spiro atoms. The SMILES string of the molecule is Cc1cc(-c2ccc(OC(F)(F)F)cc2)cc(C)c1CN.Cl. The molecule has 0 aliphatic rings. The van der Waals surface area contributed by atoms with Gasteiger partial charge in [0.15, 0.2) is 0 Å². The molecule has 2 nitrogen and oxygen atoms in total. The van der Waals surface area contributed by atoms with Gasteiger partial charge in [0.05, 0.1) is 0 Å². The molecule has 0 saturated carbocycles. The van der Waals surface area contributed by atoms with Crippen LogP contribution in [0.25, 0.3) is 11.1 Å². The van der Waals surface area contributed by atoms with E-state index in [1.54, 1.807) is 12.1 Å². The summed E-state index contributed by atoms with van der Waals surface area (Å²) in [5, 5.41) is 0. The minimum atomic E-state index is -4.67. The van der Waals surface area contributed by atoms with E-state index in [1.807, 2.05) is 26.0 Å². The number of rotatable bonds is 3. The monoisotopic (exact) mass is 331 g/mol. The molecule has 0 saturated heterocycles. The van der Waals surface area contributed by atoms with Crippen LogP contribution < -0.4 is 10.5 Å². The molecule has 0 radical (unpaired) electrons. The van der Waals surface area contributed by atoms with E-state index in [-0.39, 0.29) is 18.2 Å². The fourth-order valence-corrected chi connectivity index (χ4v) is 2.33. The summed E-state index contributed by atoms with van der Waals surface area (Å²) in [7, 11) is 0. The summed E-state index contributed by atoms with van der Waals surface area (Å²) in [6.45, 7) is 4.41. The fraction of sp³-hybridized carbons (Fsp3) is 0.250. The maximum absolute atomic E-state index is 12.1. The molecule has 0 heterocycles. The van der Waals surface area contributed by atoms with E-state index in [0.717, 1.165) is 27.8 Å². The lowest BCUT2D eigenvalue weighted by Crippen LogP contribution is -2.16. The molecule has 0 amide bonds. The topological polar surface area (TPSA) is 35.2 Å². The van der Waals surface area contributed by atoms with Gasteiger partial charge in [-0.3, -0.25) is 0 Å². The van der Waals surface area contributed by atoms with E-state index in [2.05, 4.69) is 4.74 Å². The molecular formula is C16H17ClF3NO. The van der Waals surface area contributed by atoms with Gasteiger partial charge in [0.1, 0.15) is 5.75 Å². The first-order valence-corrected chi connectivity index (χ1v) is 6.46. The Kier molecular flexibility index (Phi) is 5.85. The summed E-state index contributed by atoms with van der Waals surface area (Å²) < 4.78 is 40.2. The van der Waals surface area contributed by atoms with Crippen LogP contribution in [-0.2, 0) is 6.54 Å². The molecule has 2 rings (SSSR count). The lowest BCUT2D eigenvalue weighted by molar-refractivity contribution is -0.274. The van der Waals surface area contributed by atoms with E-state index in [9.17, 15) is 13.2 Å². The lowest BCUT2D eigenvalue weighted by atomic mass is 9.95. The Hall–Kier alpha value is -1.72. The van der Waals surface area contributed by atoms with Crippen LogP contribution >= 0.6 is 12.4 Å². The second-order valence-electron chi connectivity index (χ2n) is 4.86. The molecule has 120 valence electrons. The van der Waals surface area contributed by atoms with Gasteiger partial charge in [-0.05, 0) is 53.8 Å². The molecule has 0 aliphatic carbocycles. The molecule has 0 fully saturated rings. The zero-order valence-corrected chi connectivity index (χ0v) is 13.0. The van der Waals surface area contributed by atoms with Gasteiger partial charge in [-0.15, -0.1) is 25.6 Å². The van der Waals surface area contributed by atoms with Gasteiger partial charge < -0.3 is 10.5 Å². The molecule has 2 N–H and O–H groups in total. The van der Waals surface area contributed by atoms with Crippen LogP contribution in [0.15, 0.2) is 36.4 Å². The maximum atomic E-state index is 12.1. The summed E-state index contributed by atoms with van der Waals surface area (Å²) in [5.41, 5.74) is 10.7. The molecule has 0 aromatic heterocycles. The Balaban J connectivity index is 0.00000242. The maximum Gasteiger partial charge on any atom is 0.573 e. The third-order valence-electron chi connectivity index (χ3n) is 3.32. The van der Waals surface area contributed by atoms with Gasteiger partial charge >= 0.3 is 6.36 Å². The highest BCUT2D eigenvalue weighted by atomic mass is 35.5. The molecule has 2 aromatic rings. The first-order chi connectivity index (χ1) is 9.80. The predicted octanol–water partition coefficient (Wildman–Crippen LogP) is 4.75. The molecule has 0 atom stereocenters. The zero-order valence-electron chi connectivity index (χ0n) is 12.2. The largest absolute Gasteiger partial charge is 0.573 e. The van der Waals surface area contributed by atoms with Crippen molar-refractivity contribution in [2.24, 2.45) is 5.73 Å². The second-order valence-corrected chi connectivity index (χ2v) is 4.86. The molecule has 22 heavy (non-hydrogen) atoms. The molecule has 0 bridgehead atoms. The van der Waals surface area contributed by atoms with Crippen molar-refractivity contribution in [2.45, 2.75) is 26.8 Å². The Morgan fingerprint density at radius 2 is 1.45 bits per heavy atom. The van der Waals surface area contributed by atoms with Gasteiger partial charge in [0, 0.05) is 6.54 Å². The summed E-state index contributed by atoms with van der Waals surface area (Å²) in [4.78, 5) is 0. The smallest absolute Gasteiger partial charge is 0.406 e. The first kappa shape index (κ1) is 18.3. The van der Waals surface area contributed by atoms with Gasteiger partial charge in [-0.25, -0.2) is 0 Å². The standard InChI is InChI=1S/C16H16F3NO.ClH/c1-10-7-13(8-11(2)15(10)9-20)12-3-5-14(6-4-12)21-16(17,18)19;/h3-8H,9,20H2,1-2H3;1H. The van der Waals surface area contributed by atoms with Gasteiger partial charge in [0.2, 0.25) is 0 Å². The van der Waals surface area contributed by atoms with Crippen LogP contribution in [0.4, 0.5) is 13.2 Å². The van der Waals surface area contributed by atoms with Crippen molar-refractivity contribution in [1.29, 1.82) is 0 Å². The third-order valence-corrected chi connectivity index (χ3v) is 3.32. The fourth-order valence-electron chi connectivity index (χ4n) is 2.33. The summed E-state index contributed by atoms with van der Waals surface area (Å²) in [6.07, 6.45) is -4.67. The number of ether oxygens (including phenoxy) is 1. The van der Waals surface area contributed by atoms with Gasteiger partial charge in [-0.1, -0.05) is 24.3 Å². The number of halogens is 4. The van der Waals surface area contributed by atoms with Crippen molar-refractivity contribution in [1.82, 2.24) is 0 Å². The molecule has 2 aromatic carbocycles. The number of hydrogen-bond acceptors (Lipinski definition) is 2. The van der Waals surface area contributed by atoms with E-state index < -0.39 is 6.36 Å². The van der Waals surface area contributed by atoms with Crippen molar-refractivity contribution in [3.8, 4) is 16.9 Å². The minimum Gasteiger partial charge on any atom is -0.406 e. The van der Waals surface area contributed by atoms with E-state index in [1.165, 1.54) is 12.1 Å². The average molecular weight is 332 g/mol. The lowest BCUT2D eigenvalue weighted by Gasteiger charge is -2.12. The van der Waals surface area contributed by atoms with Gasteiger partial charge in [-0.2, -0.15) is 0 Å². The second kappa shape index (κ2) is 7.03. The van der Waals surface area contributed by atoms with E-state index in [4.69, 9.17) is 5.73 Å². The van der Waals surface area contributed by atoms with E-state index in [0.29, 0.717) is 6.54 Å². The van der Waals surface area contributed by atoms with Crippen molar-refractivity contribution < 1.29 is 17.9 Å². The highest BCUT2D eigenvalue weighted by molar-refractivity contribution is 5.85. The van der Waals surface area contributed by atoms with Gasteiger partial charge in [0.25, 0.3) is 0 Å². The normalized spacial score (nSPS) is 11.0. The summed E-state index contributed by atoms with van der Waals surface area (Å²) >= 11 is 0. The van der Waals surface area contributed by atoms with E-state index >= 15 is 0 Å². The Labute approximate surface area is 133 Å². The zero-order chi connectivity index (χ0) is 15.6. The quantitative estimate of drug-likeness (QED) is 0.881. The van der Waals surface area contributed by atoms with Crippen molar-refractivity contribution in [3.05, 3.63) is 53.1 Å². The highest BCUT2D eigenvalue weighted by Crippen LogP contribution is 2.28. The van der Waals surface area contributed by atoms with Crippen molar-refractivity contribution in [2.75, 3.05) is 0 Å². The van der Waals surface area contributed by atoms with Crippen molar-refractivity contribution in [3.63, 3.8) is 0 Å². The van der Waals surface area contributed by atoms with Crippen LogP contribution in [-0.4, -0.2) is 6.36 Å². The number of nitrogens with two attached hydrogens (primary N) is 1. The van der Waals surface area contributed by atoms with Crippen LogP contribution in [0.1, 0.15) is 16.7 Å². The number of aryl methyl sites for hydroxylation is 2. The van der Waals surface area contributed by atoms with Crippen LogP contribution in [0.3, 0.4) is 0 Å². The summed E-state index contributed by atoms with van der Waals surface area (Å²) in [5.74, 6) is -0.224.